The van der Waals surface area contributed by atoms with Gasteiger partial charge in [-0.25, -0.2) is 0 Å². The third-order valence-corrected chi connectivity index (χ3v) is 6.21. The fraction of sp³-hybridized carbons (Fsp3) is 0. The molecule has 94 valence electrons. The minimum Gasteiger partial charge on any atom is -0.0883 e. The molecule has 3 heteroatoms. The number of halogens is 2. The largest absolute Gasteiger partial charge is 0.0883 e. The Morgan fingerprint density at radius 3 is 2.05 bits per heavy atom. The van der Waals surface area contributed by atoms with Crippen molar-refractivity contribution in [2.24, 2.45) is 0 Å². The van der Waals surface area contributed by atoms with Gasteiger partial charge in [0.2, 0.25) is 0 Å². The third kappa shape index (κ3) is 2.92. The molecule has 0 N–H and O–H groups in total. The summed E-state index contributed by atoms with van der Waals surface area (Å²) in [6, 6.07) is 21.5. The van der Waals surface area contributed by atoms with Crippen molar-refractivity contribution in [2.45, 2.75) is 9.79 Å². The molecule has 0 radical (unpaired) electrons. The van der Waals surface area contributed by atoms with E-state index in [1.54, 1.807) is 0 Å². The first-order chi connectivity index (χ1) is 9.25. The van der Waals surface area contributed by atoms with Gasteiger partial charge in [0.25, 0.3) is 0 Å². The van der Waals surface area contributed by atoms with Crippen molar-refractivity contribution in [3.63, 3.8) is 0 Å². The predicted octanol–water partition coefficient (Wildman–Crippen LogP) is 6.20. The molecular weight excluding hydrogens is 478 g/mol. The molecule has 0 unspecified atom stereocenters. The molecule has 0 aliphatic heterocycles. The Morgan fingerprint density at radius 1 is 0.632 bits per heavy atom. The molecule has 0 heterocycles. The number of benzene rings is 3. The molecule has 19 heavy (non-hydrogen) atoms. The van der Waals surface area contributed by atoms with Gasteiger partial charge in [-0.3, -0.25) is 0 Å². The summed E-state index contributed by atoms with van der Waals surface area (Å²) in [5, 5.41) is 2.66. The van der Waals surface area contributed by atoms with E-state index in [0.29, 0.717) is 0 Å². The average Bonchev–Trinajstić information content (AvgIpc) is 2.42. The molecule has 3 rings (SSSR count). The lowest BCUT2D eigenvalue weighted by Gasteiger charge is -2.09. The van der Waals surface area contributed by atoms with Gasteiger partial charge in [-0.1, -0.05) is 48.2 Å². The van der Waals surface area contributed by atoms with Crippen LogP contribution >= 0.6 is 56.9 Å². The quantitative estimate of drug-likeness (QED) is 0.388. The molecule has 0 fully saturated rings. The van der Waals surface area contributed by atoms with Crippen molar-refractivity contribution >= 4 is 67.7 Å². The first kappa shape index (κ1) is 13.7. The van der Waals surface area contributed by atoms with E-state index in [-0.39, 0.29) is 0 Å². The number of hydrogen-bond donors (Lipinski definition) is 0. The molecule has 0 aliphatic carbocycles. The lowest BCUT2D eigenvalue weighted by atomic mass is 10.1. The van der Waals surface area contributed by atoms with Crippen molar-refractivity contribution in [3.8, 4) is 0 Å². The zero-order valence-electron chi connectivity index (χ0n) is 9.94. The van der Waals surface area contributed by atoms with Crippen LogP contribution in [0.2, 0.25) is 0 Å². The van der Waals surface area contributed by atoms with Crippen LogP contribution in [0.15, 0.2) is 70.5 Å². The van der Waals surface area contributed by atoms with Crippen LogP contribution in [0, 0.1) is 7.14 Å². The van der Waals surface area contributed by atoms with Crippen molar-refractivity contribution in [1.29, 1.82) is 0 Å². The van der Waals surface area contributed by atoms with E-state index < -0.39 is 0 Å². The van der Waals surface area contributed by atoms with Gasteiger partial charge < -0.3 is 0 Å². The fourth-order valence-electron chi connectivity index (χ4n) is 1.99. The van der Waals surface area contributed by atoms with Gasteiger partial charge in [0.1, 0.15) is 0 Å². The third-order valence-electron chi connectivity index (χ3n) is 2.87. The van der Waals surface area contributed by atoms with Crippen LogP contribution in [0.1, 0.15) is 0 Å². The maximum Gasteiger partial charge on any atom is 0.0269 e. The second kappa shape index (κ2) is 6.01. The first-order valence-electron chi connectivity index (χ1n) is 5.85. The van der Waals surface area contributed by atoms with Crippen LogP contribution in [-0.2, 0) is 0 Å². The van der Waals surface area contributed by atoms with Crippen LogP contribution in [0.5, 0.6) is 0 Å². The molecule has 0 aromatic heterocycles. The maximum absolute atomic E-state index is 2.42. The SMILES string of the molecule is Ic1ccccc1Sc1cccc2cccc(I)c12. The summed E-state index contributed by atoms with van der Waals surface area (Å²) in [7, 11) is 0. The second-order valence-electron chi connectivity index (χ2n) is 4.13. The second-order valence-corrected chi connectivity index (χ2v) is 7.53. The van der Waals surface area contributed by atoms with Gasteiger partial charge >= 0.3 is 0 Å². The van der Waals surface area contributed by atoms with Gasteiger partial charge in [0.15, 0.2) is 0 Å². The normalized spacial score (nSPS) is 10.8. The molecule has 0 aliphatic rings. The van der Waals surface area contributed by atoms with Gasteiger partial charge in [-0.2, -0.15) is 0 Å². The fourth-order valence-corrected chi connectivity index (χ4v) is 4.73. The highest BCUT2D eigenvalue weighted by molar-refractivity contribution is 14.1. The standard InChI is InChI=1S/C16H10I2S/c17-12-7-1-2-9-14(12)19-15-10-4-6-11-5-3-8-13(18)16(11)15/h1-10H. The Morgan fingerprint density at radius 2 is 1.26 bits per heavy atom. The molecule has 0 saturated heterocycles. The molecular formula is C16H10I2S. The Hall–Kier alpha value is -0.270. The van der Waals surface area contributed by atoms with Crippen LogP contribution in [0.25, 0.3) is 10.8 Å². The van der Waals surface area contributed by atoms with E-state index in [0.717, 1.165) is 0 Å². The topological polar surface area (TPSA) is 0 Å². The number of rotatable bonds is 2. The van der Waals surface area contributed by atoms with Crippen molar-refractivity contribution in [1.82, 2.24) is 0 Å². The first-order valence-corrected chi connectivity index (χ1v) is 8.83. The molecule has 0 spiro atoms. The zero-order valence-corrected chi connectivity index (χ0v) is 15.1. The van der Waals surface area contributed by atoms with E-state index in [1.165, 1.54) is 27.7 Å². The van der Waals surface area contributed by atoms with Gasteiger partial charge in [0, 0.05) is 22.3 Å². The van der Waals surface area contributed by atoms with Crippen LogP contribution in [0.3, 0.4) is 0 Å². The Labute approximate surface area is 144 Å². The van der Waals surface area contributed by atoms with Crippen molar-refractivity contribution in [2.75, 3.05) is 0 Å². The maximum atomic E-state index is 2.42. The van der Waals surface area contributed by atoms with E-state index in [4.69, 9.17) is 0 Å². The highest BCUT2D eigenvalue weighted by atomic mass is 127. The van der Waals surface area contributed by atoms with Crippen LogP contribution in [0.4, 0.5) is 0 Å². The van der Waals surface area contributed by atoms with Crippen LogP contribution < -0.4 is 0 Å². The highest BCUT2D eigenvalue weighted by Gasteiger charge is 2.07. The summed E-state index contributed by atoms with van der Waals surface area (Å²) in [6.07, 6.45) is 0. The van der Waals surface area contributed by atoms with Gasteiger partial charge in [-0.15, -0.1) is 0 Å². The van der Waals surface area contributed by atoms with E-state index in [1.807, 2.05) is 11.8 Å². The minimum atomic E-state index is 1.30. The minimum absolute atomic E-state index is 1.30. The molecule has 0 bridgehead atoms. The Balaban J connectivity index is 2.14. The van der Waals surface area contributed by atoms with E-state index in [2.05, 4.69) is 106 Å². The Kier molecular flexibility index (Phi) is 4.34. The smallest absolute Gasteiger partial charge is 0.0269 e. The van der Waals surface area contributed by atoms with Crippen molar-refractivity contribution in [3.05, 3.63) is 67.8 Å². The molecule has 0 amide bonds. The number of hydrogen-bond acceptors (Lipinski definition) is 1. The molecule has 0 atom stereocenters. The Bertz CT molecular complexity index is 732. The van der Waals surface area contributed by atoms with Crippen molar-refractivity contribution < 1.29 is 0 Å². The zero-order chi connectivity index (χ0) is 13.2. The highest BCUT2D eigenvalue weighted by Crippen LogP contribution is 2.37. The van der Waals surface area contributed by atoms with Crippen LogP contribution in [-0.4, -0.2) is 0 Å². The number of fused-ring (bicyclic) bond motifs is 1. The summed E-state index contributed by atoms with van der Waals surface area (Å²) in [4.78, 5) is 2.64. The lowest BCUT2D eigenvalue weighted by molar-refractivity contribution is 1.38. The molecule has 3 aromatic rings. The average molecular weight is 488 g/mol. The summed E-state index contributed by atoms with van der Waals surface area (Å²) >= 11 is 6.66. The summed E-state index contributed by atoms with van der Waals surface area (Å²) in [5.74, 6) is 0. The van der Waals surface area contributed by atoms with E-state index >= 15 is 0 Å². The summed E-state index contributed by atoms with van der Waals surface area (Å²) < 4.78 is 2.61. The summed E-state index contributed by atoms with van der Waals surface area (Å²) in [5.41, 5.74) is 0. The molecule has 3 aromatic carbocycles. The molecule has 0 saturated carbocycles. The summed E-state index contributed by atoms with van der Waals surface area (Å²) in [6.45, 7) is 0. The van der Waals surface area contributed by atoms with Gasteiger partial charge in [0.05, 0.1) is 0 Å². The monoisotopic (exact) mass is 488 g/mol. The van der Waals surface area contributed by atoms with E-state index in [9.17, 15) is 0 Å². The molecule has 0 nitrogen and oxygen atoms in total. The van der Waals surface area contributed by atoms with Gasteiger partial charge in [-0.05, 0) is 74.8 Å². The predicted molar refractivity (Wildman–Crippen MR) is 99.9 cm³/mol. The lowest BCUT2D eigenvalue weighted by Crippen LogP contribution is -1.83.